The number of hydrogen-bond donors (Lipinski definition) is 1. The molecular formula is C26H20ClN5O. The van der Waals surface area contributed by atoms with E-state index in [-0.39, 0.29) is 12.4 Å². The number of benzene rings is 3. The van der Waals surface area contributed by atoms with Crippen molar-refractivity contribution < 1.29 is 4.42 Å². The van der Waals surface area contributed by atoms with Crippen molar-refractivity contribution >= 4 is 45.7 Å². The van der Waals surface area contributed by atoms with E-state index in [0.717, 1.165) is 51.2 Å². The Morgan fingerprint density at radius 2 is 1.79 bits per heavy atom. The van der Waals surface area contributed by atoms with Crippen molar-refractivity contribution in [3.63, 3.8) is 0 Å². The molecule has 0 bridgehead atoms. The van der Waals surface area contributed by atoms with E-state index in [0.29, 0.717) is 0 Å². The fraction of sp³-hybridized carbons (Fsp3) is 0.0385. The van der Waals surface area contributed by atoms with E-state index in [1.807, 2.05) is 59.4 Å². The van der Waals surface area contributed by atoms with Gasteiger partial charge < -0.3 is 9.73 Å². The van der Waals surface area contributed by atoms with Gasteiger partial charge in [0.1, 0.15) is 17.9 Å². The first-order valence-corrected chi connectivity index (χ1v) is 10.4. The van der Waals surface area contributed by atoms with Gasteiger partial charge in [-0.2, -0.15) is 5.10 Å². The van der Waals surface area contributed by atoms with Crippen molar-refractivity contribution in [2.24, 2.45) is 0 Å². The number of nitrogens with one attached hydrogen (secondary N) is 1. The van der Waals surface area contributed by atoms with Crippen molar-refractivity contribution in [3.8, 4) is 11.3 Å². The zero-order chi connectivity index (χ0) is 21.3. The number of nitrogens with zero attached hydrogens (tertiary/aromatic N) is 4. The highest BCUT2D eigenvalue weighted by molar-refractivity contribution is 5.94. The summed E-state index contributed by atoms with van der Waals surface area (Å²) in [6, 6.07) is 26.5. The second-order valence-electron chi connectivity index (χ2n) is 7.62. The van der Waals surface area contributed by atoms with Gasteiger partial charge in [-0.3, -0.25) is 4.68 Å². The maximum absolute atomic E-state index is 5.51. The number of halogens is 1. The Kier molecular flexibility index (Phi) is 5.50. The lowest BCUT2D eigenvalue weighted by Crippen LogP contribution is -2.01. The number of furan rings is 1. The van der Waals surface area contributed by atoms with Gasteiger partial charge in [0.2, 0.25) is 0 Å². The van der Waals surface area contributed by atoms with Gasteiger partial charge >= 0.3 is 0 Å². The molecule has 7 heteroatoms. The number of aromatic nitrogens is 4. The van der Waals surface area contributed by atoms with Crippen molar-refractivity contribution in [2.75, 3.05) is 5.32 Å². The van der Waals surface area contributed by atoms with Gasteiger partial charge in [-0.25, -0.2) is 9.97 Å². The molecule has 3 heterocycles. The average Bonchev–Trinajstić information content (AvgIpc) is 3.50. The molecule has 0 saturated carbocycles. The Bertz CT molecular complexity index is 1530. The van der Waals surface area contributed by atoms with Gasteiger partial charge in [0.15, 0.2) is 0 Å². The lowest BCUT2D eigenvalue weighted by molar-refractivity contribution is 0.582. The molecule has 33 heavy (non-hydrogen) atoms. The van der Waals surface area contributed by atoms with Crippen LogP contribution in [0.4, 0.5) is 11.5 Å². The standard InChI is InChI=1S/C26H19N5O.ClH/c1-2-5-18(6-3-1)16-31-24-11-9-21(13-20(24)15-29-31)30-26-22-10-8-19(25-7-4-12-32-25)14-23(22)27-17-28-26;/h1-15,17H,16H2,(H,27,28,30);1H. The first kappa shape index (κ1) is 20.7. The molecular weight excluding hydrogens is 434 g/mol. The van der Waals surface area contributed by atoms with Gasteiger partial charge in [-0.1, -0.05) is 36.4 Å². The lowest BCUT2D eigenvalue weighted by Gasteiger charge is -2.10. The van der Waals surface area contributed by atoms with Crippen LogP contribution in [0, 0.1) is 0 Å². The summed E-state index contributed by atoms with van der Waals surface area (Å²) in [5.41, 5.74) is 5.11. The molecule has 0 atom stereocenters. The van der Waals surface area contributed by atoms with E-state index in [2.05, 4.69) is 50.7 Å². The maximum atomic E-state index is 5.51. The summed E-state index contributed by atoms with van der Waals surface area (Å²) >= 11 is 0. The quantitative estimate of drug-likeness (QED) is 0.324. The van der Waals surface area contributed by atoms with Crippen molar-refractivity contribution in [1.29, 1.82) is 0 Å². The van der Waals surface area contributed by atoms with Crippen LogP contribution in [0.1, 0.15) is 5.56 Å². The highest BCUT2D eigenvalue weighted by Gasteiger charge is 2.09. The van der Waals surface area contributed by atoms with Crippen molar-refractivity contribution in [2.45, 2.75) is 6.54 Å². The summed E-state index contributed by atoms with van der Waals surface area (Å²) in [5.74, 6) is 1.58. The third-order valence-electron chi connectivity index (χ3n) is 5.52. The molecule has 3 aromatic carbocycles. The minimum atomic E-state index is 0. The molecule has 3 aromatic heterocycles. The summed E-state index contributed by atoms with van der Waals surface area (Å²) in [6.45, 7) is 0.742. The molecule has 162 valence electrons. The van der Waals surface area contributed by atoms with E-state index in [9.17, 15) is 0 Å². The Morgan fingerprint density at radius 1 is 0.879 bits per heavy atom. The van der Waals surface area contributed by atoms with Gasteiger partial charge in [0.05, 0.1) is 30.0 Å². The molecule has 0 amide bonds. The van der Waals surface area contributed by atoms with Crippen molar-refractivity contribution in [3.05, 3.63) is 103 Å². The van der Waals surface area contributed by atoms with Crippen LogP contribution < -0.4 is 5.32 Å². The van der Waals surface area contributed by atoms with Crippen LogP contribution in [0.25, 0.3) is 33.1 Å². The molecule has 0 saturated heterocycles. The summed E-state index contributed by atoms with van der Waals surface area (Å²) in [5, 5.41) is 10.0. The fourth-order valence-corrected chi connectivity index (χ4v) is 3.94. The minimum Gasteiger partial charge on any atom is -0.464 e. The van der Waals surface area contributed by atoms with Crippen LogP contribution in [0.15, 0.2) is 102 Å². The highest BCUT2D eigenvalue weighted by atomic mass is 35.5. The van der Waals surface area contributed by atoms with Gasteiger partial charge in [0, 0.05) is 22.0 Å². The molecule has 1 N–H and O–H groups in total. The Balaban J connectivity index is 0.00000228. The molecule has 0 unspecified atom stereocenters. The number of hydrogen-bond acceptors (Lipinski definition) is 5. The van der Waals surface area contributed by atoms with Gasteiger partial charge in [-0.05, 0) is 48.0 Å². The van der Waals surface area contributed by atoms with Crippen LogP contribution >= 0.6 is 12.4 Å². The summed E-state index contributed by atoms with van der Waals surface area (Å²) < 4.78 is 7.53. The molecule has 0 aliphatic rings. The molecule has 0 spiro atoms. The van der Waals surface area contributed by atoms with Crippen molar-refractivity contribution in [1.82, 2.24) is 19.7 Å². The number of fused-ring (bicyclic) bond motifs is 2. The van der Waals surface area contributed by atoms with E-state index < -0.39 is 0 Å². The largest absolute Gasteiger partial charge is 0.464 e. The summed E-state index contributed by atoms with van der Waals surface area (Å²) in [7, 11) is 0. The zero-order valence-electron chi connectivity index (χ0n) is 17.6. The molecule has 6 nitrogen and oxygen atoms in total. The number of anilines is 2. The highest BCUT2D eigenvalue weighted by Crippen LogP contribution is 2.29. The van der Waals surface area contributed by atoms with Crippen LogP contribution in [-0.4, -0.2) is 19.7 Å². The van der Waals surface area contributed by atoms with E-state index >= 15 is 0 Å². The van der Waals surface area contributed by atoms with Crippen LogP contribution in [0.3, 0.4) is 0 Å². The van der Waals surface area contributed by atoms with E-state index in [1.165, 1.54) is 5.56 Å². The molecule has 0 aliphatic heterocycles. The van der Waals surface area contributed by atoms with Gasteiger partial charge in [-0.15, -0.1) is 12.4 Å². The normalized spacial score (nSPS) is 10.9. The Morgan fingerprint density at radius 3 is 2.64 bits per heavy atom. The second-order valence-corrected chi connectivity index (χ2v) is 7.62. The summed E-state index contributed by atoms with van der Waals surface area (Å²) in [6.07, 6.45) is 5.15. The maximum Gasteiger partial charge on any atom is 0.141 e. The van der Waals surface area contributed by atoms with Crippen LogP contribution in [0.5, 0.6) is 0 Å². The molecule has 6 rings (SSSR count). The first-order chi connectivity index (χ1) is 15.8. The SMILES string of the molecule is Cl.c1ccc(Cn2ncc3cc(Nc4ncnc5cc(-c6ccco6)ccc45)ccc32)cc1. The molecule has 0 radical (unpaired) electrons. The first-order valence-electron chi connectivity index (χ1n) is 10.4. The molecule has 0 fully saturated rings. The van der Waals surface area contributed by atoms with Crippen LogP contribution in [0.2, 0.25) is 0 Å². The average molecular weight is 454 g/mol. The summed E-state index contributed by atoms with van der Waals surface area (Å²) in [4.78, 5) is 8.91. The van der Waals surface area contributed by atoms with E-state index in [4.69, 9.17) is 4.42 Å². The Labute approximate surface area is 196 Å². The van der Waals surface area contributed by atoms with E-state index in [1.54, 1.807) is 12.6 Å². The third-order valence-corrected chi connectivity index (χ3v) is 5.52. The lowest BCUT2D eigenvalue weighted by atomic mass is 10.1. The third kappa shape index (κ3) is 4.04. The smallest absolute Gasteiger partial charge is 0.141 e. The minimum absolute atomic E-state index is 0. The monoisotopic (exact) mass is 453 g/mol. The molecule has 6 aromatic rings. The fourth-order valence-electron chi connectivity index (χ4n) is 3.94. The Hall–Kier alpha value is -4.16. The predicted octanol–water partition coefficient (Wildman–Crippen LogP) is 6.45. The van der Waals surface area contributed by atoms with Crippen LogP contribution in [-0.2, 0) is 6.54 Å². The second kappa shape index (κ2) is 8.76. The van der Waals surface area contributed by atoms with Gasteiger partial charge in [0.25, 0.3) is 0 Å². The predicted molar refractivity (Wildman–Crippen MR) is 133 cm³/mol. The molecule has 0 aliphatic carbocycles. The topological polar surface area (TPSA) is 68.8 Å². The number of rotatable bonds is 5. The zero-order valence-corrected chi connectivity index (χ0v) is 18.4.